The van der Waals surface area contributed by atoms with Crippen molar-refractivity contribution in [1.29, 1.82) is 5.26 Å². The molecular formula is C27H17ClFN5O4S. The second-order valence-corrected chi connectivity index (χ2v) is 10.4. The average molecular weight is 562 g/mol. The molecule has 12 heteroatoms. The number of anilines is 2. The van der Waals surface area contributed by atoms with Gasteiger partial charge in [0.25, 0.3) is 10.0 Å². The van der Waals surface area contributed by atoms with Gasteiger partial charge in [-0.15, -0.1) is 5.10 Å². The number of benzene rings is 3. The van der Waals surface area contributed by atoms with Gasteiger partial charge in [-0.3, -0.25) is 4.79 Å². The molecule has 0 aliphatic rings. The third kappa shape index (κ3) is 4.79. The number of nitriles is 1. The lowest BCUT2D eigenvalue weighted by Crippen LogP contribution is -2.28. The number of nitrogens with one attached hydrogen (secondary N) is 1. The van der Waals surface area contributed by atoms with Crippen LogP contribution in [-0.4, -0.2) is 30.7 Å². The molecule has 0 amide bonds. The lowest BCUT2D eigenvalue weighted by atomic mass is 10.0. The Balaban J connectivity index is 1.72. The highest BCUT2D eigenvalue weighted by atomic mass is 35.5. The van der Waals surface area contributed by atoms with Crippen LogP contribution in [0.1, 0.15) is 5.56 Å². The second-order valence-electron chi connectivity index (χ2n) is 8.23. The SMILES string of the molecule is COc1cc(-c2ccc(Cl)c(C#N)c2)c(F)cc1N(c1cccnn1)S(=O)(=O)c1ccc2[nH]c(=O)ccc2c1. The number of hydrogen-bond acceptors (Lipinski definition) is 7. The van der Waals surface area contributed by atoms with Crippen LogP contribution < -0.4 is 14.6 Å². The molecule has 9 nitrogen and oxygen atoms in total. The van der Waals surface area contributed by atoms with E-state index >= 15 is 4.39 Å². The van der Waals surface area contributed by atoms with Gasteiger partial charge in [-0.25, -0.2) is 17.1 Å². The molecule has 3 aromatic carbocycles. The number of halogens is 2. The molecular weight excluding hydrogens is 545 g/mol. The zero-order chi connectivity index (χ0) is 27.7. The van der Waals surface area contributed by atoms with Gasteiger partial charge in [0, 0.05) is 29.4 Å². The maximum absolute atomic E-state index is 15.6. The first-order valence-electron chi connectivity index (χ1n) is 11.3. The van der Waals surface area contributed by atoms with Crippen molar-refractivity contribution in [3.63, 3.8) is 0 Å². The molecule has 0 saturated carbocycles. The van der Waals surface area contributed by atoms with E-state index in [0.29, 0.717) is 16.5 Å². The zero-order valence-corrected chi connectivity index (χ0v) is 21.7. The fraction of sp³-hybridized carbons (Fsp3) is 0.0370. The van der Waals surface area contributed by atoms with E-state index < -0.39 is 15.8 Å². The average Bonchev–Trinajstić information content (AvgIpc) is 2.94. The van der Waals surface area contributed by atoms with Crippen LogP contribution >= 0.6 is 11.6 Å². The Morgan fingerprint density at radius 1 is 1.08 bits per heavy atom. The van der Waals surface area contributed by atoms with Crippen molar-refractivity contribution in [2.75, 3.05) is 11.4 Å². The summed E-state index contributed by atoms with van der Waals surface area (Å²) in [4.78, 5) is 14.2. The molecule has 39 heavy (non-hydrogen) atoms. The van der Waals surface area contributed by atoms with Gasteiger partial charge >= 0.3 is 0 Å². The molecule has 5 aromatic rings. The minimum atomic E-state index is -4.42. The fourth-order valence-electron chi connectivity index (χ4n) is 4.04. The van der Waals surface area contributed by atoms with E-state index in [9.17, 15) is 18.5 Å². The second kappa shape index (κ2) is 10.2. The molecule has 194 valence electrons. The van der Waals surface area contributed by atoms with E-state index in [1.165, 1.54) is 80.0 Å². The first-order chi connectivity index (χ1) is 18.7. The van der Waals surface area contributed by atoms with Crippen molar-refractivity contribution in [2.45, 2.75) is 4.90 Å². The number of pyridine rings is 1. The number of sulfonamides is 1. The van der Waals surface area contributed by atoms with Crippen LogP contribution in [0.5, 0.6) is 5.75 Å². The Bertz CT molecular complexity index is 1940. The Kier molecular flexibility index (Phi) is 6.74. The monoisotopic (exact) mass is 561 g/mol. The van der Waals surface area contributed by atoms with E-state index in [0.717, 1.165) is 10.4 Å². The van der Waals surface area contributed by atoms with Crippen LogP contribution in [0.2, 0.25) is 5.02 Å². The first kappa shape index (κ1) is 25.8. The highest BCUT2D eigenvalue weighted by molar-refractivity contribution is 7.93. The Morgan fingerprint density at radius 3 is 2.62 bits per heavy atom. The molecule has 0 radical (unpaired) electrons. The van der Waals surface area contributed by atoms with Gasteiger partial charge in [0.15, 0.2) is 5.82 Å². The quantitative estimate of drug-likeness (QED) is 0.302. The minimum Gasteiger partial charge on any atom is -0.495 e. The number of fused-ring (bicyclic) bond motifs is 1. The van der Waals surface area contributed by atoms with E-state index in [1.807, 2.05) is 6.07 Å². The summed E-state index contributed by atoms with van der Waals surface area (Å²) >= 11 is 6.02. The summed E-state index contributed by atoms with van der Waals surface area (Å²) in [5.41, 5.74) is 0.515. The Labute approximate surface area is 226 Å². The largest absolute Gasteiger partial charge is 0.495 e. The molecule has 0 spiro atoms. The van der Waals surface area contributed by atoms with Crippen LogP contribution in [0.4, 0.5) is 15.9 Å². The molecule has 1 N–H and O–H groups in total. The predicted octanol–water partition coefficient (Wildman–Crippen LogP) is 5.18. The molecule has 5 rings (SSSR count). The highest BCUT2D eigenvalue weighted by Gasteiger charge is 2.32. The van der Waals surface area contributed by atoms with E-state index in [1.54, 1.807) is 0 Å². The fourth-order valence-corrected chi connectivity index (χ4v) is 5.67. The number of ether oxygens (including phenoxy) is 1. The zero-order valence-electron chi connectivity index (χ0n) is 20.1. The van der Waals surface area contributed by atoms with Crippen LogP contribution in [0, 0.1) is 17.1 Å². The van der Waals surface area contributed by atoms with Gasteiger partial charge in [0.1, 0.15) is 23.3 Å². The van der Waals surface area contributed by atoms with Gasteiger partial charge in [0.05, 0.1) is 22.6 Å². The molecule has 0 bridgehead atoms. The maximum Gasteiger partial charge on any atom is 0.270 e. The maximum atomic E-state index is 15.6. The standard InChI is InChI=1S/C27H17ClFN5O4S/c1-38-25-13-20(16-4-7-21(28)18(11-16)15-30)22(29)14-24(25)34(26-3-2-10-31-33-26)39(36,37)19-6-8-23-17(12-19)5-9-27(35)32-23/h2-14H,1H3,(H,32,35). The van der Waals surface area contributed by atoms with Crippen molar-refractivity contribution < 1.29 is 17.5 Å². The first-order valence-corrected chi connectivity index (χ1v) is 13.1. The molecule has 0 aliphatic carbocycles. The summed E-state index contributed by atoms with van der Waals surface area (Å²) in [6.07, 6.45) is 1.37. The lowest BCUT2D eigenvalue weighted by molar-refractivity contribution is 0.415. The number of aromatic nitrogens is 3. The van der Waals surface area contributed by atoms with Gasteiger partial charge in [-0.1, -0.05) is 17.7 Å². The van der Waals surface area contributed by atoms with Crippen LogP contribution in [-0.2, 0) is 10.0 Å². The predicted molar refractivity (Wildman–Crippen MR) is 144 cm³/mol. The van der Waals surface area contributed by atoms with Crippen LogP contribution in [0.25, 0.3) is 22.0 Å². The third-order valence-corrected chi connectivity index (χ3v) is 7.93. The molecule has 0 saturated heterocycles. The Hall–Kier alpha value is -4.79. The number of nitrogens with zero attached hydrogens (tertiary/aromatic N) is 4. The topological polar surface area (TPSA) is 129 Å². The Morgan fingerprint density at radius 2 is 1.90 bits per heavy atom. The summed E-state index contributed by atoms with van der Waals surface area (Å²) < 4.78 is 50.1. The van der Waals surface area contributed by atoms with E-state index in [-0.39, 0.29) is 43.9 Å². The third-order valence-electron chi connectivity index (χ3n) is 5.88. The summed E-state index contributed by atoms with van der Waals surface area (Å²) in [6, 6.07) is 18.6. The van der Waals surface area contributed by atoms with Gasteiger partial charge < -0.3 is 9.72 Å². The van der Waals surface area contributed by atoms with Crippen molar-refractivity contribution >= 4 is 44.0 Å². The van der Waals surface area contributed by atoms with Crippen molar-refractivity contribution in [2.24, 2.45) is 0 Å². The number of methoxy groups -OCH3 is 1. The van der Waals surface area contributed by atoms with Gasteiger partial charge in [-0.05, 0) is 65.5 Å². The van der Waals surface area contributed by atoms with Crippen LogP contribution in [0.15, 0.2) is 88.7 Å². The summed E-state index contributed by atoms with van der Waals surface area (Å²) in [5, 5.41) is 17.8. The minimum absolute atomic E-state index is 0.0132. The van der Waals surface area contributed by atoms with Gasteiger partial charge in [-0.2, -0.15) is 10.4 Å². The number of aromatic amines is 1. The molecule has 0 atom stereocenters. The molecule has 0 aliphatic heterocycles. The smallest absolute Gasteiger partial charge is 0.270 e. The van der Waals surface area contributed by atoms with Crippen molar-refractivity contribution in [1.82, 2.24) is 15.2 Å². The summed E-state index contributed by atoms with van der Waals surface area (Å²) in [6.45, 7) is 0. The van der Waals surface area contributed by atoms with E-state index in [4.69, 9.17) is 16.3 Å². The lowest BCUT2D eigenvalue weighted by Gasteiger charge is -2.25. The highest BCUT2D eigenvalue weighted by Crippen LogP contribution is 2.41. The molecule has 0 unspecified atom stereocenters. The normalized spacial score (nSPS) is 11.2. The number of rotatable bonds is 6. The number of hydrogen-bond donors (Lipinski definition) is 1. The molecule has 2 heterocycles. The molecule has 0 fully saturated rings. The van der Waals surface area contributed by atoms with Crippen molar-refractivity contribution in [3.05, 3.63) is 106 Å². The van der Waals surface area contributed by atoms with Crippen LogP contribution in [0.3, 0.4) is 0 Å². The molecule has 2 aromatic heterocycles. The summed E-state index contributed by atoms with van der Waals surface area (Å²) in [7, 11) is -3.10. The van der Waals surface area contributed by atoms with Crippen molar-refractivity contribution in [3.8, 4) is 22.9 Å². The van der Waals surface area contributed by atoms with E-state index in [2.05, 4.69) is 15.2 Å². The number of H-pyrrole nitrogens is 1. The van der Waals surface area contributed by atoms with Gasteiger partial charge in [0.2, 0.25) is 5.56 Å². The summed E-state index contributed by atoms with van der Waals surface area (Å²) in [5.74, 6) is -0.876.